The van der Waals surface area contributed by atoms with E-state index in [-0.39, 0.29) is 11.8 Å². The lowest BCUT2D eigenvalue weighted by Crippen LogP contribution is -2.37. The quantitative estimate of drug-likeness (QED) is 0.501. The van der Waals surface area contributed by atoms with E-state index in [4.69, 9.17) is 14.5 Å². The number of carbonyl (C=O) groups is 1. The van der Waals surface area contributed by atoms with Crippen LogP contribution in [0.1, 0.15) is 38.4 Å². The molecule has 0 spiro atoms. The molecule has 0 bridgehead atoms. The van der Waals surface area contributed by atoms with Crippen molar-refractivity contribution in [3.05, 3.63) is 48.4 Å². The van der Waals surface area contributed by atoms with E-state index in [1.165, 1.54) is 0 Å². The Morgan fingerprint density at radius 3 is 2.84 bits per heavy atom. The molecule has 1 aliphatic heterocycles. The van der Waals surface area contributed by atoms with Gasteiger partial charge in [0.15, 0.2) is 11.5 Å². The summed E-state index contributed by atoms with van der Waals surface area (Å²) in [7, 11) is 0. The number of hydrogen-bond donors (Lipinski definition) is 0. The molecule has 4 heterocycles. The molecule has 1 aliphatic rings. The van der Waals surface area contributed by atoms with Gasteiger partial charge in [0.05, 0.1) is 22.8 Å². The van der Waals surface area contributed by atoms with Crippen molar-refractivity contribution >= 4 is 16.9 Å². The van der Waals surface area contributed by atoms with E-state index in [1.54, 1.807) is 13.1 Å². The number of likely N-dealkylation sites (tertiary alicyclic amines) is 1. The smallest absolute Gasteiger partial charge is 0.258 e. The molecular weight excluding hydrogens is 392 g/mol. The molecule has 1 amide bonds. The normalized spacial score (nSPS) is 16.7. The Hall–Kier alpha value is -3.55. The van der Waals surface area contributed by atoms with Crippen LogP contribution in [-0.4, -0.2) is 48.8 Å². The number of piperidine rings is 1. The molecule has 0 radical (unpaired) electrons. The number of benzene rings is 1. The molecule has 1 saturated heterocycles. The standard InChI is InChI=1S/C23H24N6O2/c1-3-29-22-19(13-24-29)18(12-20(25-22)16-8-5-4-6-9-16)23-26-21(27-31-23)17-10-7-11-28(14-17)15(2)30/h4-6,8-9,12-13,17H,3,7,10-11,14H2,1-2H3. The van der Waals surface area contributed by atoms with Crippen molar-refractivity contribution in [3.8, 4) is 22.7 Å². The second-order valence-corrected chi connectivity index (χ2v) is 7.88. The summed E-state index contributed by atoms with van der Waals surface area (Å²) >= 11 is 0. The maximum absolute atomic E-state index is 11.8. The lowest BCUT2D eigenvalue weighted by atomic mass is 9.97. The van der Waals surface area contributed by atoms with Crippen LogP contribution in [0.2, 0.25) is 0 Å². The monoisotopic (exact) mass is 416 g/mol. The summed E-state index contributed by atoms with van der Waals surface area (Å²) < 4.78 is 7.58. The summed E-state index contributed by atoms with van der Waals surface area (Å²) in [6, 6.07) is 12.0. The van der Waals surface area contributed by atoms with Gasteiger partial charge in [0.1, 0.15) is 0 Å². The molecule has 5 rings (SSSR count). The van der Waals surface area contributed by atoms with Crippen molar-refractivity contribution in [3.63, 3.8) is 0 Å². The zero-order chi connectivity index (χ0) is 21.4. The highest BCUT2D eigenvalue weighted by Gasteiger charge is 2.27. The number of aromatic nitrogens is 5. The molecule has 4 aromatic rings. The number of hydrogen-bond acceptors (Lipinski definition) is 6. The Labute approximate surface area is 179 Å². The second kappa shape index (κ2) is 7.94. The first-order valence-corrected chi connectivity index (χ1v) is 10.7. The van der Waals surface area contributed by atoms with Crippen LogP contribution in [0.5, 0.6) is 0 Å². The van der Waals surface area contributed by atoms with E-state index in [9.17, 15) is 4.79 Å². The summed E-state index contributed by atoms with van der Waals surface area (Å²) in [5.41, 5.74) is 3.46. The van der Waals surface area contributed by atoms with Gasteiger partial charge in [-0.15, -0.1) is 0 Å². The van der Waals surface area contributed by atoms with Crippen molar-refractivity contribution in [2.24, 2.45) is 0 Å². The van der Waals surface area contributed by atoms with Gasteiger partial charge in [0, 0.05) is 38.0 Å². The third-order valence-corrected chi connectivity index (χ3v) is 5.88. The van der Waals surface area contributed by atoms with Crippen LogP contribution in [0, 0.1) is 0 Å². The fraction of sp³-hybridized carbons (Fsp3) is 0.348. The van der Waals surface area contributed by atoms with Crippen LogP contribution in [0.15, 0.2) is 47.1 Å². The second-order valence-electron chi connectivity index (χ2n) is 7.88. The van der Waals surface area contributed by atoms with Crippen molar-refractivity contribution < 1.29 is 9.32 Å². The Morgan fingerprint density at radius 2 is 2.06 bits per heavy atom. The Morgan fingerprint density at radius 1 is 1.23 bits per heavy atom. The van der Waals surface area contributed by atoms with Crippen molar-refractivity contribution in [2.75, 3.05) is 13.1 Å². The van der Waals surface area contributed by atoms with Crippen LogP contribution in [0.4, 0.5) is 0 Å². The summed E-state index contributed by atoms with van der Waals surface area (Å²) in [6.07, 6.45) is 3.69. The molecule has 1 atom stereocenters. The third-order valence-electron chi connectivity index (χ3n) is 5.88. The first-order valence-electron chi connectivity index (χ1n) is 10.7. The van der Waals surface area contributed by atoms with Crippen molar-refractivity contribution in [2.45, 2.75) is 39.2 Å². The summed E-state index contributed by atoms with van der Waals surface area (Å²) in [5.74, 6) is 1.27. The Kier molecular flexibility index (Phi) is 4.97. The first kappa shape index (κ1) is 19.4. The number of fused-ring (bicyclic) bond motifs is 1. The Balaban J connectivity index is 1.57. The number of pyridine rings is 1. The van der Waals surface area contributed by atoms with Crippen molar-refractivity contribution in [1.82, 2.24) is 29.8 Å². The summed E-state index contributed by atoms with van der Waals surface area (Å²) in [4.78, 5) is 23.2. The Bertz CT molecular complexity index is 1230. The van der Waals surface area contributed by atoms with Crippen LogP contribution in [0.25, 0.3) is 33.7 Å². The minimum Gasteiger partial charge on any atom is -0.342 e. The van der Waals surface area contributed by atoms with E-state index < -0.39 is 0 Å². The van der Waals surface area contributed by atoms with E-state index >= 15 is 0 Å². The fourth-order valence-corrected chi connectivity index (χ4v) is 4.20. The maximum Gasteiger partial charge on any atom is 0.258 e. The van der Waals surface area contributed by atoms with Crippen LogP contribution >= 0.6 is 0 Å². The highest BCUT2D eigenvalue weighted by molar-refractivity contribution is 5.92. The maximum atomic E-state index is 11.8. The molecule has 8 nitrogen and oxygen atoms in total. The average Bonchev–Trinajstić information content (AvgIpc) is 3.46. The summed E-state index contributed by atoms with van der Waals surface area (Å²) in [6.45, 7) is 5.78. The molecule has 0 N–H and O–H groups in total. The molecule has 31 heavy (non-hydrogen) atoms. The molecule has 0 aliphatic carbocycles. The highest BCUT2D eigenvalue weighted by Crippen LogP contribution is 2.33. The van der Waals surface area contributed by atoms with E-state index in [0.717, 1.165) is 47.2 Å². The van der Waals surface area contributed by atoms with Gasteiger partial charge >= 0.3 is 0 Å². The van der Waals surface area contributed by atoms with Gasteiger partial charge in [0.2, 0.25) is 5.91 Å². The molecule has 1 unspecified atom stereocenters. The van der Waals surface area contributed by atoms with Gasteiger partial charge < -0.3 is 9.42 Å². The van der Waals surface area contributed by atoms with Gasteiger partial charge in [-0.1, -0.05) is 35.5 Å². The first-order chi connectivity index (χ1) is 15.1. The van der Waals surface area contributed by atoms with Gasteiger partial charge in [-0.05, 0) is 25.8 Å². The van der Waals surface area contributed by atoms with Gasteiger partial charge in [-0.2, -0.15) is 10.1 Å². The zero-order valence-corrected chi connectivity index (χ0v) is 17.7. The molecule has 158 valence electrons. The van der Waals surface area contributed by atoms with Crippen LogP contribution in [-0.2, 0) is 11.3 Å². The third kappa shape index (κ3) is 3.58. The van der Waals surface area contributed by atoms with Gasteiger partial charge in [-0.3, -0.25) is 4.79 Å². The SMILES string of the molecule is CCn1ncc2c(-c3nc(C4CCCN(C(C)=O)C4)no3)cc(-c3ccccc3)nc21. The average molecular weight is 416 g/mol. The predicted octanol–water partition coefficient (Wildman–Crippen LogP) is 3.89. The topological polar surface area (TPSA) is 89.9 Å². The van der Waals surface area contributed by atoms with Crippen LogP contribution < -0.4 is 0 Å². The largest absolute Gasteiger partial charge is 0.342 e. The van der Waals surface area contributed by atoms with Crippen molar-refractivity contribution in [1.29, 1.82) is 0 Å². The highest BCUT2D eigenvalue weighted by atomic mass is 16.5. The van der Waals surface area contributed by atoms with E-state index in [2.05, 4.69) is 10.3 Å². The van der Waals surface area contributed by atoms with E-state index in [0.29, 0.717) is 24.8 Å². The molecular formula is C23H24N6O2. The molecule has 3 aromatic heterocycles. The van der Waals surface area contributed by atoms with E-state index in [1.807, 2.05) is 52.9 Å². The number of aryl methyl sites for hydroxylation is 1. The predicted molar refractivity (Wildman–Crippen MR) is 116 cm³/mol. The number of rotatable bonds is 4. The molecule has 0 saturated carbocycles. The minimum absolute atomic E-state index is 0.0828. The number of amides is 1. The minimum atomic E-state index is 0.0828. The summed E-state index contributed by atoms with van der Waals surface area (Å²) in [5, 5.41) is 9.64. The molecule has 8 heteroatoms. The fourth-order valence-electron chi connectivity index (χ4n) is 4.20. The van der Waals surface area contributed by atoms with Crippen LogP contribution in [0.3, 0.4) is 0 Å². The van der Waals surface area contributed by atoms with Gasteiger partial charge in [0.25, 0.3) is 5.89 Å². The lowest BCUT2D eigenvalue weighted by Gasteiger charge is -2.30. The lowest BCUT2D eigenvalue weighted by molar-refractivity contribution is -0.130. The molecule has 1 fully saturated rings. The molecule has 1 aromatic carbocycles. The van der Waals surface area contributed by atoms with Gasteiger partial charge in [-0.25, -0.2) is 9.67 Å². The number of nitrogens with zero attached hydrogens (tertiary/aromatic N) is 6. The number of carbonyl (C=O) groups excluding carboxylic acids is 1. The zero-order valence-electron chi connectivity index (χ0n) is 17.7.